The fourth-order valence-electron chi connectivity index (χ4n) is 4.92. The van der Waals surface area contributed by atoms with Gasteiger partial charge in [-0.2, -0.15) is 0 Å². The largest absolute Gasteiger partial charge is 0.490 e. The molecule has 1 saturated carbocycles. The standard InChI is InChI=1S/C21H23N3O2S/c1-13-4-5-17-15(9-13)21(12-27-19(22)24-21)16-10-20(25,7-6-18(16)26-17)14-3-2-8-23-11-14/h2-5,8-9,11,16,18,25H,6-7,10,12H2,1H3,(H2,22,24). The molecule has 4 atom stereocenters. The van der Waals surface area contributed by atoms with Gasteiger partial charge in [-0.25, -0.2) is 4.99 Å². The van der Waals surface area contributed by atoms with Crippen LogP contribution >= 0.6 is 11.8 Å². The first-order valence-electron chi connectivity index (χ1n) is 9.39. The summed E-state index contributed by atoms with van der Waals surface area (Å²) in [5.41, 5.74) is 7.94. The average Bonchev–Trinajstić information content (AvgIpc) is 3.07. The fraction of sp³-hybridized carbons (Fsp3) is 0.429. The number of aliphatic hydroxyl groups is 1. The molecule has 140 valence electrons. The molecule has 1 fully saturated rings. The van der Waals surface area contributed by atoms with Crippen LogP contribution in [0.2, 0.25) is 0 Å². The van der Waals surface area contributed by atoms with Crippen LogP contribution in [-0.4, -0.2) is 27.1 Å². The molecular weight excluding hydrogens is 358 g/mol. The molecule has 0 saturated heterocycles. The molecule has 0 bridgehead atoms. The van der Waals surface area contributed by atoms with Crippen LogP contribution in [0.3, 0.4) is 0 Å². The summed E-state index contributed by atoms with van der Waals surface area (Å²) in [6.45, 7) is 2.09. The van der Waals surface area contributed by atoms with Gasteiger partial charge < -0.3 is 15.6 Å². The number of nitrogens with two attached hydrogens (primary N) is 1. The van der Waals surface area contributed by atoms with E-state index in [1.54, 1.807) is 24.2 Å². The monoisotopic (exact) mass is 381 g/mol. The zero-order chi connectivity index (χ0) is 18.6. The first kappa shape index (κ1) is 17.1. The molecule has 6 heteroatoms. The molecule has 27 heavy (non-hydrogen) atoms. The van der Waals surface area contributed by atoms with Crippen LogP contribution in [0.1, 0.15) is 36.0 Å². The summed E-state index contributed by atoms with van der Waals surface area (Å²) in [5.74, 6) is 1.77. The van der Waals surface area contributed by atoms with Gasteiger partial charge in [-0.1, -0.05) is 29.5 Å². The number of ether oxygens (including phenoxy) is 1. The number of benzene rings is 1. The van der Waals surface area contributed by atoms with Crippen molar-refractivity contribution in [3.63, 3.8) is 0 Å². The van der Waals surface area contributed by atoms with Gasteiger partial charge in [-0.3, -0.25) is 4.98 Å². The van der Waals surface area contributed by atoms with Crippen molar-refractivity contribution in [3.8, 4) is 5.75 Å². The summed E-state index contributed by atoms with van der Waals surface area (Å²) in [5, 5.41) is 12.1. The van der Waals surface area contributed by atoms with Crippen LogP contribution in [0.4, 0.5) is 0 Å². The van der Waals surface area contributed by atoms with E-state index in [0.29, 0.717) is 18.0 Å². The van der Waals surface area contributed by atoms with E-state index in [1.807, 2.05) is 12.1 Å². The number of pyridine rings is 1. The number of amidine groups is 1. The molecule has 1 aliphatic carbocycles. The van der Waals surface area contributed by atoms with Gasteiger partial charge in [0.15, 0.2) is 5.17 Å². The molecule has 3 aliphatic rings. The van der Waals surface area contributed by atoms with Gasteiger partial charge in [-0.05, 0) is 44.4 Å². The van der Waals surface area contributed by atoms with Crippen molar-refractivity contribution in [2.24, 2.45) is 16.6 Å². The maximum absolute atomic E-state index is 11.5. The summed E-state index contributed by atoms with van der Waals surface area (Å²) in [6, 6.07) is 10.2. The Hall–Kier alpha value is -2.05. The minimum Gasteiger partial charge on any atom is -0.490 e. The summed E-state index contributed by atoms with van der Waals surface area (Å²) in [6.07, 6.45) is 5.58. The molecule has 1 spiro atoms. The lowest BCUT2D eigenvalue weighted by Crippen LogP contribution is -2.54. The van der Waals surface area contributed by atoms with Crippen molar-refractivity contribution < 1.29 is 9.84 Å². The Labute approximate surface area is 163 Å². The topological polar surface area (TPSA) is 80.7 Å². The van der Waals surface area contributed by atoms with Gasteiger partial charge in [0.2, 0.25) is 0 Å². The highest BCUT2D eigenvalue weighted by Crippen LogP contribution is 2.57. The minimum atomic E-state index is -0.912. The molecular formula is C21H23N3O2S. The average molecular weight is 382 g/mol. The molecule has 2 aliphatic heterocycles. The number of aryl methyl sites for hydroxylation is 1. The molecule has 5 rings (SSSR count). The lowest BCUT2D eigenvalue weighted by atomic mass is 9.63. The number of rotatable bonds is 1. The van der Waals surface area contributed by atoms with Crippen LogP contribution in [0.5, 0.6) is 5.75 Å². The summed E-state index contributed by atoms with van der Waals surface area (Å²) in [4.78, 5) is 9.17. The number of aliphatic imine (C=N–C) groups is 1. The van der Waals surface area contributed by atoms with Crippen molar-refractivity contribution in [1.29, 1.82) is 0 Å². The Bertz CT molecular complexity index is 919. The van der Waals surface area contributed by atoms with E-state index in [9.17, 15) is 5.11 Å². The summed E-state index contributed by atoms with van der Waals surface area (Å²) < 4.78 is 6.40. The van der Waals surface area contributed by atoms with Gasteiger partial charge in [0.1, 0.15) is 17.4 Å². The first-order valence-corrected chi connectivity index (χ1v) is 10.4. The van der Waals surface area contributed by atoms with Crippen LogP contribution in [-0.2, 0) is 11.1 Å². The molecule has 3 N–H and O–H groups in total. The number of thioether (sulfide) groups is 1. The molecule has 3 heterocycles. The molecule has 5 nitrogen and oxygen atoms in total. The van der Waals surface area contributed by atoms with E-state index < -0.39 is 11.1 Å². The zero-order valence-electron chi connectivity index (χ0n) is 15.3. The van der Waals surface area contributed by atoms with E-state index in [0.717, 1.165) is 29.1 Å². The van der Waals surface area contributed by atoms with E-state index >= 15 is 0 Å². The molecule has 1 aromatic carbocycles. The Morgan fingerprint density at radius 3 is 2.96 bits per heavy atom. The highest BCUT2D eigenvalue weighted by Gasteiger charge is 2.57. The second-order valence-electron chi connectivity index (χ2n) is 7.94. The van der Waals surface area contributed by atoms with Gasteiger partial charge in [0, 0.05) is 35.2 Å². The van der Waals surface area contributed by atoms with Gasteiger partial charge in [0.25, 0.3) is 0 Å². The predicted octanol–water partition coefficient (Wildman–Crippen LogP) is 3.10. The SMILES string of the molecule is Cc1ccc2c(c1)C1(CSC(N)=N1)C1CC(O)(c3cccnc3)CCC1O2. The third kappa shape index (κ3) is 2.57. The third-order valence-electron chi connectivity index (χ3n) is 6.29. The lowest BCUT2D eigenvalue weighted by molar-refractivity contribution is -0.0875. The van der Waals surface area contributed by atoms with E-state index in [4.69, 9.17) is 15.5 Å². The predicted molar refractivity (Wildman–Crippen MR) is 107 cm³/mol. The fourth-order valence-corrected chi connectivity index (χ4v) is 5.95. The second-order valence-corrected chi connectivity index (χ2v) is 8.94. The van der Waals surface area contributed by atoms with Gasteiger partial charge in [0.05, 0.1) is 5.60 Å². The Morgan fingerprint density at radius 1 is 1.33 bits per heavy atom. The molecule has 4 unspecified atom stereocenters. The van der Waals surface area contributed by atoms with Crippen LogP contribution < -0.4 is 10.5 Å². The molecule has 1 aromatic heterocycles. The number of nitrogens with zero attached hydrogens (tertiary/aromatic N) is 2. The highest BCUT2D eigenvalue weighted by atomic mass is 32.2. The van der Waals surface area contributed by atoms with E-state index in [1.165, 1.54) is 5.56 Å². The van der Waals surface area contributed by atoms with Crippen LogP contribution in [0.15, 0.2) is 47.7 Å². The number of hydrogen-bond acceptors (Lipinski definition) is 6. The van der Waals surface area contributed by atoms with Crippen molar-refractivity contribution in [1.82, 2.24) is 4.98 Å². The molecule has 2 aromatic rings. The van der Waals surface area contributed by atoms with Gasteiger partial charge >= 0.3 is 0 Å². The van der Waals surface area contributed by atoms with Crippen LogP contribution in [0.25, 0.3) is 0 Å². The van der Waals surface area contributed by atoms with E-state index in [-0.39, 0.29) is 12.0 Å². The molecule has 0 radical (unpaired) electrons. The number of aromatic nitrogens is 1. The Balaban J connectivity index is 1.62. The number of fused-ring (bicyclic) bond motifs is 4. The normalized spacial score (nSPS) is 34.5. The number of hydrogen-bond donors (Lipinski definition) is 2. The van der Waals surface area contributed by atoms with Crippen molar-refractivity contribution in [3.05, 3.63) is 59.4 Å². The molecule has 0 amide bonds. The van der Waals surface area contributed by atoms with Gasteiger partial charge in [-0.15, -0.1) is 0 Å². The highest BCUT2D eigenvalue weighted by molar-refractivity contribution is 8.14. The third-order valence-corrected chi connectivity index (χ3v) is 7.26. The van der Waals surface area contributed by atoms with Crippen molar-refractivity contribution in [2.75, 3.05) is 5.75 Å². The zero-order valence-corrected chi connectivity index (χ0v) is 16.1. The summed E-state index contributed by atoms with van der Waals surface area (Å²) in [7, 11) is 0. The Kier molecular flexibility index (Phi) is 3.78. The quantitative estimate of drug-likeness (QED) is 0.793. The maximum atomic E-state index is 11.5. The summed E-state index contributed by atoms with van der Waals surface area (Å²) >= 11 is 1.60. The second kappa shape index (κ2) is 5.97. The minimum absolute atomic E-state index is 0.0346. The Morgan fingerprint density at radius 2 is 2.22 bits per heavy atom. The van der Waals surface area contributed by atoms with Crippen LogP contribution in [0, 0.1) is 12.8 Å². The first-order chi connectivity index (χ1) is 13.0. The smallest absolute Gasteiger partial charge is 0.154 e. The van der Waals surface area contributed by atoms with E-state index in [2.05, 4.69) is 30.1 Å². The lowest BCUT2D eigenvalue weighted by Gasteiger charge is -2.51. The van der Waals surface area contributed by atoms with Crippen molar-refractivity contribution in [2.45, 2.75) is 43.4 Å². The van der Waals surface area contributed by atoms with Crippen molar-refractivity contribution >= 4 is 16.9 Å². The maximum Gasteiger partial charge on any atom is 0.154 e.